The van der Waals surface area contributed by atoms with E-state index in [1.165, 1.54) is 5.56 Å². The van der Waals surface area contributed by atoms with Crippen LogP contribution in [0.15, 0.2) is 47.1 Å². The fraction of sp³-hybridized carbons (Fsp3) is 0.500. The van der Waals surface area contributed by atoms with E-state index in [1.807, 2.05) is 30.0 Å². The summed E-state index contributed by atoms with van der Waals surface area (Å²) in [5.41, 5.74) is 2.21. The molecule has 2 amide bonds. The molecule has 0 saturated carbocycles. The van der Waals surface area contributed by atoms with Gasteiger partial charge in [0.25, 0.3) is 0 Å². The third kappa shape index (κ3) is 3.65. The Kier molecular flexibility index (Phi) is 5.95. The zero-order chi connectivity index (χ0) is 21.1. The van der Waals surface area contributed by atoms with Crippen LogP contribution in [-0.4, -0.2) is 43.0 Å². The highest BCUT2D eigenvalue weighted by atomic mass is 16.5. The Morgan fingerprint density at radius 1 is 1.20 bits per heavy atom. The smallest absolute Gasteiger partial charge is 0.223 e. The molecule has 0 radical (unpaired) electrons. The molecule has 1 aromatic heterocycles. The number of ether oxygens (including phenoxy) is 1. The lowest BCUT2D eigenvalue weighted by molar-refractivity contribution is -0.134. The van der Waals surface area contributed by atoms with E-state index in [4.69, 9.17) is 9.15 Å². The minimum atomic E-state index is -0.186. The van der Waals surface area contributed by atoms with E-state index in [0.717, 1.165) is 24.2 Å². The van der Waals surface area contributed by atoms with Crippen LogP contribution in [0.3, 0.4) is 0 Å². The number of furan rings is 1. The number of benzene rings is 1. The highest BCUT2D eigenvalue weighted by Gasteiger charge is 2.54. The fourth-order valence-corrected chi connectivity index (χ4v) is 5.20. The van der Waals surface area contributed by atoms with Gasteiger partial charge >= 0.3 is 0 Å². The fourth-order valence-electron chi connectivity index (χ4n) is 5.20. The molecule has 1 saturated heterocycles. The van der Waals surface area contributed by atoms with Crippen molar-refractivity contribution in [2.45, 2.75) is 56.6 Å². The maximum absolute atomic E-state index is 12.7. The monoisotopic (exact) mass is 410 g/mol. The number of fused-ring (bicyclic) bond motifs is 2. The Morgan fingerprint density at radius 2 is 1.97 bits per heavy atom. The summed E-state index contributed by atoms with van der Waals surface area (Å²) in [6.07, 6.45) is 4.69. The van der Waals surface area contributed by atoms with Gasteiger partial charge in [0.15, 0.2) is 0 Å². The number of methoxy groups -OCH3 is 1. The molecule has 0 bridgehead atoms. The molecule has 6 heteroatoms. The predicted octanol–water partition coefficient (Wildman–Crippen LogP) is 3.37. The first-order valence-electron chi connectivity index (χ1n) is 10.8. The number of nitrogens with zero attached hydrogens (tertiary/aromatic N) is 1. The van der Waals surface area contributed by atoms with Gasteiger partial charge in [0, 0.05) is 44.9 Å². The van der Waals surface area contributed by atoms with Crippen molar-refractivity contribution in [1.29, 1.82) is 0 Å². The summed E-state index contributed by atoms with van der Waals surface area (Å²) in [4.78, 5) is 26.9. The number of carbonyl (C=O) groups is 2. The van der Waals surface area contributed by atoms with Crippen LogP contribution in [-0.2, 0) is 26.2 Å². The number of aryl methyl sites for hydroxylation is 1. The number of piperidine rings is 1. The summed E-state index contributed by atoms with van der Waals surface area (Å²) >= 11 is 0. The van der Waals surface area contributed by atoms with Crippen molar-refractivity contribution in [2.75, 3.05) is 20.2 Å². The number of carbonyl (C=O) groups excluding carboxylic acids is 2. The molecule has 0 unspecified atom stereocenters. The lowest BCUT2D eigenvalue weighted by Crippen LogP contribution is -2.51. The maximum atomic E-state index is 12.7. The molecule has 1 spiro atoms. The normalized spacial score (nSPS) is 22.1. The number of amides is 2. The van der Waals surface area contributed by atoms with Crippen molar-refractivity contribution in [3.8, 4) is 0 Å². The number of rotatable bonds is 6. The second kappa shape index (κ2) is 8.64. The lowest BCUT2D eigenvalue weighted by atomic mass is 9.71. The molecular formula is C24H30N2O4. The highest BCUT2D eigenvalue weighted by Crippen LogP contribution is 2.52. The topological polar surface area (TPSA) is 71.8 Å². The van der Waals surface area contributed by atoms with Gasteiger partial charge in [-0.15, -0.1) is 0 Å². The van der Waals surface area contributed by atoms with E-state index >= 15 is 0 Å². The van der Waals surface area contributed by atoms with Gasteiger partial charge < -0.3 is 19.4 Å². The predicted molar refractivity (Wildman–Crippen MR) is 113 cm³/mol. The first-order chi connectivity index (χ1) is 14.6. The van der Waals surface area contributed by atoms with Crippen LogP contribution in [0.1, 0.15) is 55.5 Å². The van der Waals surface area contributed by atoms with Crippen LogP contribution in [0.5, 0.6) is 0 Å². The maximum Gasteiger partial charge on any atom is 0.223 e. The Bertz CT molecular complexity index is 884. The molecule has 30 heavy (non-hydrogen) atoms. The van der Waals surface area contributed by atoms with Crippen molar-refractivity contribution in [3.63, 3.8) is 0 Å². The van der Waals surface area contributed by atoms with Gasteiger partial charge in [-0.2, -0.15) is 0 Å². The SMILES string of the molecule is CCC(=O)N[C@@H]1c2ccccc2C2(CCN(C(=O)CCc3ccco3)CC2)[C@H]1OC. The first kappa shape index (κ1) is 20.7. The van der Waals surface area contributed by atoms with Gasteiger partial charge in [-0.3, -0.25) is 9.59 Å². The standard InChI is InChI=1S/C24H30N2O4/c1-3-20(27)25-22-18-8-4-5-9-19(18)24(23(22)29-2)12-14-26(15-13-24)21(28)11-10-17-7-6-16-30-17/h4-9,16,22-23H,3,10-15H2,1-2H3,(H,25,27)/t22-,23+/m1/s1. The van der Waals surface area contributed by atoms with Crippen LogP contribution in [0.4, 0.5) is 0 Å². The van der Waals surface area contributed by atoms with E-state index in [9.17, 15) is 9.59 Å². The molecule has 1 aliphatic carbocycles. The molecule has 1 fully saturated rings. The Morgan fingerprint density at radius 3 is 2.63 bits per heavy atom. The summed E-state index contributed by atoms with van der Waals surface area (Å²) < 4.78 is 11.4. The molecule has 4 rings (SSSR count). The summed E-state index contributed by atoms with van der Waals surface area (Å²) in [6.45, 7) is 3.25. The van der Waals surface area contributed by atoms with Crippen molar-refractivity contribution >= 4 is 11.8 Å². The summed E-state index contributed by atoms with van der Waals surface area (Å²) in [7, 11) is 1.73. The number of hydrogen-bond acceptors (Lipinski definition) is 4. The summed E-state index contributed by atoms with van der Waals surface area (Å²) in [5, 5.41) is 3.17. The van der Waals surface area contributed by atoms with Crippen molar-refractivity contribution in [1.82, 2.24) is 10.2 Å². The Labute approximate surface area is 177 Å². The third-order valence-electron chi connectivity index (χ3n) is 6.74. The average Bonchev–Trinajstić information content (AvgIpc) is 3.38. The molecule has 1 N–H and O–H groups in total. The molecule has 2 heterocycles. The number of hydrogen-bond donors (Lipinski definition) is 1. The first-order valence-corrected chi connectivity index (χ1v) is 10.8. The quantitative estimate of drug-likeness (QED) is 0.793. The molecule has 1 aliphatic heterocycles. The zero-order valence-corrected chi connectivity index (χ0v) is 17.7. The van der Waals surface area contributed by atoms with Gasteiger partial charge in [0.2, 0.25) is 11.8 Å². The van der Waals surface area contributed by atoms with Gasteiger partial charge in [-0.1, -0.05) is 31.2 Å². The molecule has 2 aliphatic rings. The van der Waals surface area contributed by atoms with Gasteiger partial charge in [-0.05, 0) is 36.1 Å². The lowest BCUT2D eigenvalue weighted by Gasteiger charge is -2.44. The van der Waals surface area contributed by atoms with Gasteiger partial charge in [-0.25, -0.2) is 0 Å². The third-order valence-corrected chi connectivity index (χ3v) is 6.74. The van der Waals surface area contributed by atoms with Crippen LogP contribution in [0.2, 0.25) is 0 Å². The minimum Gasteiger partial charge on any atom is -0.469 e. The average molecular weight is 411 g/mol. The van der Waals surface area contributed by atoms with E-state index in [-0.39, 0.29) is 29.4 Å². The van der Waals surface area contributed by atoms with Crippen molar-refractivity contribution in [2.24, 2.45) is 0 Å². The van der Waals surface area contributed by atoms with E-state index in [0.29, 0.717) is 32.4 Å². The largest absolute Gasteiger partial charge is 0.469 e. The summed E-state index contributed by atoms with van der Waals surface area (Å²) in [6, 6.07) is 11.9. The van der Waals surface area contributed by atoms with E-state index in [2.05, 4.69) is 23.5 Å². The van der Waals surface area contributed by atoms with Crippen molar-refractivity contribution < 1.29 is 18.7 Å². The number of nitrogens with one attached hydrogen (secondary N) is 1. The van der Waals surface area contributed by atoms with Gasteiger partial charge in [0.05, 0.1) is 18.4 Å². The molecule has 160 valence electrons. The second-order valence-corrected chi connectivity index (χ2v) is 8.26. The minimum absolute atomic E-state index is 0.0273. The molecule has 1 aromatic carbocycles. The molecule has 6 nitrogen and oxygen atoms in total. The van der Waals surface area contributed by atoms with Crippen LogP contribution in [0.25, 0.3) is 0 Å². The molecule has 2 atom stereocenters. The highest BCUT2D eigenvalue weighted by molar-refractivity contribution is 5.77. The van der Waals surface area contributed by atoms with Crippen LogP contribution < -0.4 is 5.32 Å². The molecule has 2 aromatic rings. The van der Waals surface area contributed by atoms with Crippen molar-refractivity contribution in [3.05, 3.63) is 59.5 Å². The zero-order valence-electron chi connectivity index (χ0n) is 17.7. The van der Waals surface area contributed by atoms with E-state index in [1.54, 1.807) is 13.4 Å². The van der Waals surface area contributed by atoms with E-state index < -0.39 is 0 Å². The van der Waals surface area contributed by atoms with Crippen LogP contribution >= 0.6 is 0 Å². The Hall–Kier alpha value is -2.60. The Balaban J connectivity index is 1.50. The van der Waals surface area contributed by atoms with Crippen LogP contribution in [0, 0.1) is 0 Å². The van der Waals surface area contributed by atoms with Gasteiger partial charge in [0.1, 0.15) is 5.76 Å². The number of likely N-dealkylation sites (tertiary alicyclic amines) is 1. The summed E-state index contributed by atoms with van der Waals surface area (Å²) in [5.74, 6) is 1.03. The second-order valence-electron chi connectivity index (χ2n) is 8.26. The molecular weight excluding hydrogens is 380 g/mol.